The Morgan fingerprint density at radius 3 is 2.36 bits per heavy atom. The highest BCUT2D eigenvalue weighted by molar-refractivity contribution is 9.10. The fraction of sp³-hybridized carbons (Fsp3) is 0.333. The molecule has 1 aromatic rings. The van der Waals surface area contributed by atoms with Crippen molar-refractivity contribution in [2.45, 2.75) is 12.5 Å². The first-order chi connectivity index (χ1) is 5.36. The molecule has 0 N–H and O–H groups in total. The van der Waals surface area contributed by atoms with Crippen molar-refractivity contribution in [2.24, 2.45) is 0 Å². The van der Waals surface area contributed by atoms with Crippen LogP contribution in [0.25, 0.3) is 0 Å². The van der Waals surface area contributed by atoms with E-state index in [1.807, 2.05) is 0 Å². The minimum Gasteiger partial charge on any atom is -0.373 e. The number of hydrogen-bond donors (Lipinski definition) is 0. The summed E-state index contributed by atoms with van der Waals surface area (Å²) in [6, 6.07) is 8.32. The SMILES string of the molecule is Brc1ccc(C2CCO2)cc1. The zero-order valence-corrected chi connectivity index (χ0v) is 7.67. The summed E-state index contributed by atoms with van der Waals surface area (Å²) in [6.07, 6.45) is 1.53. The molecule has 11 heavy (non-hydrogen) atoms. The summed E-state index contributed by atoms with van der Waals surface area (Å²) in [5, 5.41) is 0. The molecular weight excluding hydrogens is 204 g/mol. The van der Waals surface area contributed by atoms with E-state index in [1.165, 1.54) is 12.0 Å². The Bertz CT molecular complexity index is 238. The third-order valence-electron chi connectivity index (χ3n) is 1.94. The molecule has 2 rings (SSSR count). The summed E-state index contributed by atoms with van der Waals surface area (Å²) < 4.78 is 6.47. The van der Waals surface area contributed by atoms with Gasteiger partial charge in [-0.3, -0.25) is 0 Å². The lowest BCUT2D eigenvalue weighted by Crippen LogP contribution is -2.17. The normalized spacial score (nSPS) is 22.8. The molecule has 0 radical (unpaired) electrons. The molecule has 1 unspecified atom stereocenters. The smallest absolute Gasteiger partial charge is 0.0846 e. The van der Waals surface area contributed by atoms with Gasteiger partial charge in [0.25, 0.3) is 0 Å². The van der Waals surface area contributed by atoms with Crippen molar-refractivity contribution in [2.75, 3.05) is 6.61 Å². The Morgan fingerprint density at radius 1 is 1.27 bits per heavy atom. The highest BCUT2D eigenvalue weighted by Gasteiger charge is 2.19. The highest BCUT2D eigenvalue weighted by Crippen LogP contribution is 2.29. The van der Waals surface area contributed by atoms with E-state index in [4.69, 9.17) is 4.74 Å². The van der Waals surface area contributed by atoms with Crippen LogP contribution in [0.4, 0.5) is 0 Å². The molecule has 0 aromatic heterocycles. The molecule has 1 heterocycles. The van der Waals surface area contributed by atoms with Gasteiger partial charge in [0.2, 0.25) is 0 Å². The fourth-order valence-electron chi connectivity index (χ4n) is 1.18. The van der Waals surface area contributed by atoms with E-state index in [2.05, 4.69) is 40.2 Å². The molecule has 1 nitrogen and oxygen atoms in total. The van der Waals surface area contributed by atoms with Gasteiger partial charge < -0.3 is 4.74 Å². The second-order valence-electron chi connectivity index (χ2n) is 2.70. The molecule has 1 aliphatic rings. The predicted octanol–water partition coefficient (Wildman–Crippen LogP) is 2.91. The Kier molecular flexibility index (Phi) is 1.96. The average molecular weight is 213 g/mol. The lowest BCUT2D eigenvalue weighted by atomic mass is 10.0. The van der Waals surface area contributed by atoms with Crippen molar-refractivity contribution >= 4 is 15.9 Å². The van der Waals surface area contributed by atoms with Gasteiger partial charge in [0.1, 0.15) is 0 Å². The van der Waals surface area contributed by atoms with Crippen molar-refractivity contribution in [3.05, 3.63) is 34.3 Å². The van der Waals surface area contributed by atoms with Crippen LogP contribution in [0, 0.1) is 0 Å². The maximum Gasteiger partial charge on any atom is 0.0846 e. The van der Waals surface area contributed by atoms with Crippen LogP contribution in [0.1, 0.15) is 18.1 Å². The van der Waals surface area contributed by atoms with Gasteiger partial charge in [-0.15, -0.1) is 0 Å². The van der Waals surface area contributed by atoms with Gasteiger partial charge in [-0.2, -0.15) is 0 Å². The zero-order valence-electron chi connectivity index (χ0n) is 6.09. The number of halogens is 1. The molecule has 0 spiro atoms. The van der Waals surface area contributed by atoms with Crippen LogP contribution in [-0.4, -0.2) is 6.61 Å². The van der Waals surface area contributed by atoms with Crippen molar-refractivity contribution in [1.82, 2.24) is 0 Å². The molecule has 58 valence electrons. The quantitative estimate of drug-likeness (QED) is 0.696. The van der Waals surface area contributed by atoms with Gasteiger partial charge in [-0.1, -0.05) is 28.1 Å². The standard InChI is InChI=1S/C9H9BrO/c10-8-3-1-7(2-4-8)9-5-6-11-9/h1-4,9H,5-6H2. The van der Waals surface area contributed by atoms with Gasteiger partial charge >= 0.3 is 0 Å². The third kappa shape index (κ3) is 1.47. The molecular formula is C9H9BrO. The van der Waals surface area contributed by atoms with Gasteiger partial charge in [-0.25, -0.2) is 0 Å². The molecule has 1 aliphatic heterocycles. The van der Waals surface area contributed by atoms with Crippen molar-refractivity contribution < 1.29 is 4.74 Å². The summed E-state index contributed by atoms with van der Waals surface area (Å²) in [6.45, 7) is 0.917. The minimum atomic E-state index is 0.364. The number of rotatable bonds is 1. The first-order valence-corrected chi connectivity index (χ1v) is 4.52. The Labute approximate surface area is 74.5 Å². The molecule has 1 fully saturated rings. The topological polar surface area (TPSA) is 9.23 Å². The van der Waals surface area contributed by atoms with Crippen LogP contribution in [0.2, 0.25) is 0 Å². The Morgan fingerprint density at radius 2 is 1.91 bits per heavy atom. The number of ether oxygens (including phenoxy) is 1. The van der Waals surface area contributed by atoms with E-state index in [0.29, 0.717) is 6.10 Å². The second kappa shape index (κ2) is 2.95. The van der Waals surface area contributed by atoms with Gasteiger partial charge in [0.05, 0.1) is 12.7 Å². The van der Waals surface area contributed by atoms with Gasteiger partial charge in [0.15, 0.2) is 0 Å². The Hall–Kier alpha value is -0.340. The van der Waals surface area contributed by atoms with Crippen molar-refractivity contribution in [1.29, 1.82) is 0 Å². The van der Waals surface area contributed by atoms with Gasteiger partial charge in [-0.05, 0) is 17.7 Å². The molecule has 0 amide bonds. The fourth-order valence-corrected chi connectivity index (χ4v) is 1.44. The predicted molar refractivity (Wildman–Crippen MR) is 47.5 cm³/mol. The van der Waals surface area contributed by atoms with Crippen LogP contribution in [0.3, 0.4) is 0 Å². The lowest BCUT2D eigenvalue weighted by molar-refractivity contribution is -0.0527. The monoisotopic (exact) mass is 212 g/mol. The number of benzene rings is 1. The van der Waals surface area contributed by atoms with Crippen LogP contribution < -0.4 is 0 Å². The van der Waals surface area contributed by atoms with E-state index >= 15 is 0 Å². The van der Waals surface area contributed by atoms with Crippen LogP contribution in [0.15, 0.2) is 28.7 Å². The summed E-state index contributed by atoms with van der Waals surface area (Å²) >= 11 is 3.39. The van der Waals surface area contributed by atoms with Crippen LogP contribution in [0.5, 0.6) is 0 Å². The maximum atomic E-state index is 5.34. The summed E-state index contributed by atoms with van der Waals surface area (Å²) in [5.74, 6) is 0. The Balaban J connectivity index is 2.18. The van der Waals surface area contributed by atoms with E-state index in [-0.39, 0.29) is 0 Å². The summed E-state index contributed by atoms with van der Waals surface area (Å²) in [4.78, 5) is 0. The lowest BCUT2D eigenvalue weighted by Gasteiger charge is -2.26. The third-order valence-corrected chi connectivity index (χ3v) is 2.47. The van der Waals surface area contributed by atoms with Crippen LogP contribution in [-0.2, 0) is 4.74 Å². The van der Waals surface area contributed by atoms with E-state index in [0.717, 1.165) is 11.1 Å². The average Bonchev–Trinajstić information content (AvgIpc) is 1.90. The first-order valence-electron chi connectivity index (χ1n) is 3.73. The van der Waals surface area contributed by atoms with Crippen LogP contribution >= 0.6 is 15.9 Å². The van der Waals surface area contributed by atoms with E-state index in [9.17, 15) is 0 Å². The zero-order chi connectivity index (χ0) is 7.68. The summed E-state index contributed by atoms with van der Waals surface area (Å²) in [7, 11) is 0. The summed E-state index contributed by atoms with van der Waals surface area (Å²) in [5.41, 5.74) is 1.29. The van der Waals surface area contributed by atoms with Crippen molar-refractivity contribution in [3.8, 4) is 0 Å². The molecule has 1 atom stereocenters. The largest absolute Gasteiger partial charge is 0.373 e. The molecule has 2 heteroatoms. The minimum absolute atomic E-state index is 0.364. The first kappa shape index (κ1) is 7.32. The number of hydrogen-bond acceptors (Lipinski definition) is 1. The van der Waals surface area contributed by atoms with E-state index in [1.54, 1.807) is 0 Å². The molecule has 1 saturated heterocycles. The van der Waals surface area contributed by atoms with E-state index < -0.39 is 0 Å². The second-order valence-corrected chi connectivity index (χ2v) is 3.62. The van der Waals surface area contributed by atoms with Crippen molar-refractivity contribution in [3.63, 3.8) is 0 Å². The highest BCUT2D eigenvalue weighted by atomic mass is 79.9. The molecule has 1 aromatic carbocycles. The molecule has 0 saturated carbocycles. The maximum absolute atomic E-state index is 5.34. The molecule has 0 bridgehead atoms. The molecule has 0 aliphatic carbocycles. The van der Waals surface area contributed by atoms with Gasteiger partial charge in [0, 0.05) is 10.9 Å².